The molecule has 0 saturated carbocycles. The highest BCUT2D eigenvalue weighted by Gasteiger charge is 2.10. The number of nitrogens with zero attached hydrogens (tertiary/aromatic N) is 4. The van der Waals surface area contributed by atoms with Gasteiger partial charge in [-0.2, -0.15) is 0 Å². The maximum absolute atomic E-state index is 11.0. The van der Waals surface area contributed by atoms with Crippen LogP contribution in [0.25, 0.3) is 11.2 Å². The molecule has 0 saturated heterocycles. The van der Waals surface area contributed by atoms with Gasteiger partial charge in [-0.05, 0) is 6.42 Å². The molecule has 0 unspecified atom stereocenters. The molecule has 2 aromatic heterocycles. The molecule has 17 heavy (non-hydrogen) atoms. The van der Waals surface area contributed by atoms with Gasteiger partial charge < -0.3 is 9.88 Å². The zero-order valence-electron chi connectivity index (χ0n) is 9.97. The van der Waals surface area contributed by atoms with Crippen LogP contribution in [0.1, 0.15) is 26.7 Å². The first-order valence-corrected chi connectivity index (χ1v) is 5.65. The van der Waals surface area contributed by atoms with E-state index in [0.29, 0.717) is 11.3 Å². The van der Waals surface area contributed by atoms with Gasteiger partial charge in [-0.3, -0.25) is 4.79 Å². The third-order valence-electron chi connectivity index (χ3n) is 2.45. The number of anilines is 1. The van der Waals surface area contributed by atoms with E-state index in [0.717, 1.165) is 25.0 Å². The van der Waals surface area contributed by atoms with Crippen molar-refractivity contribution >= 4 is 22.9 Å². The Morgan fingerprint density at radius 1 is 1.41 bits per heavy atom. The van der Waals surface area contributed by atoms with E-state index in [9.17, 15) is 4.79 Å². The summed E-state index contributed by atoms with van der Waals surface area (Å²) in [5, 5.41) is 2.65. The van der Waals surface area contributed by atoms with Crippen LogP contribution in [0.5, 0.6) is 0 Å². The number of carbonyl (C=O) groups excluding carboxylic acids is 1. The molecule has 0 aliphatic heterocycles. The van der Waals surface area contributed by atoms with Crippen molar-refractivity contribution in [1.82, 2.24) is 19.5 Å². The molecule has 1 amide bonds. The minimum atomic E-state index is -0.159. The number of aryl methyl sites for hydroxylation is 1. The summed E-state index contributed by atoms with van der Waals surface area (Å²) in [5.74, 6) is 0.311. The largest absolute Gasteiger partial charge is 0.315 e. The molecule has 0 atom stereocenters. The third kappa shape index (κ3) is 2.41. The Labute approximate surface area is 99.1 Å². The smallest absolute Gasteiger partial charge is 0.222 e. The molecule has 0 aliphatic rings. The van der Waals surface area contributed by atoms with Gasteiger partial charge in [-0.25, -0.2) is 15.0 Å². The number of aromatic nitrogens is 4. The van der Waals surface area contributed by atoms with Gasteiger partial charge in [0.1, 0.15) is 6.33 Å². The SMILES string of the molecule is CCCCn1cnc2c(NC(C)=O)ncnc21. The first kappa shape index (κ1) is 11.5. The van der Waals surface area contributed by atoms with Crippen molar-refractivity contribution in [3.8, 4) is 0 Å². The second-order valence-corrected chi connectivity index (χ2v) is 3.87. The first-order chi connectivity index (χ1) is 8.22. The van der Waals surface area contributed by atoms with Gasteiger partial charge in [0, 0.05) is 13.5 Å². The molecule has 90 valence electrons. The number of amides is 1. The van der Waals surface area contributed by atoms with E-state index >= 15 is 0 Å². The van der Waals surface area contributed by atoms with Gasteiger partial charge in [0.2, 0.25) is 5.91 Å². The zero-order valence-corrected chi connectivity index (χ0v) is 9.97. The van der Waals surface area contributed by atoms with Crippen LogP contribution in [0.3, 0.4) is 0 Å². The summed E-state index contributed by atoms with van der Waals surface area (Å²) in [6.45, 7) is 4.46. The highest BCUT2D eigenvalue weighted by molar-refractivity contribution is 5.95. The Morgan fingerprint density at radius 2 is 2.24 bits per heavy atom. The highest BCUT2D eigenvalue weighted by atomic mass is 16.1. The number of carbonyl (C=O) groups is 1. The van der Waals surface area contributed by atoms with Crippen LogP contribution >= 0.6 is 0 Å². The Balaban J connectivity index is 2.38. The topological polar surface area (TPSA) is 72.7 Å². The normalized spacial score (nSPS) is 10.7. The van der Waals surface area contributed by atoms with Crippen molar-refractivity contribution in [2.75, 3.05) is 5.32 Å². The van der Waals surface area contributed by atoms with Crippen LogP contribution in [0.15, 0.2) is 12.7 Å². The standard InChI is InChI=1S/C11H15N5O/c1-3-4-5-16-7-14-9-10(15-8(2)17)12-6-13-11(9)16/h6-7H,3-5H2,1-2H3,(H,12,13,15,17). The lowest BCUT2D eigenvalue weighted by atomic mass is 10.3. The van der Waals surface area contributed by atoms with E-state index in [4.69, 9.17) is 0 Å². The predicted octanol–water partition coefficient (Wildman–Crippen LogP) is 1.58. The van der Waals surface area contributed by atoms with Gasteiger partial charge in [0.15, 0.2) is 17.0 Å². The maximum Gasteiger partial charge on any atom is 0.222 e. The molecule has 0 fully saturated rings. The van der Waals surface area contributed by atoms with Gasteiger partial charge >= 0.3 is 0 Å². The Bertz CT molecular complexity index is 534. The van der Waals surface area contributed by atoms with Crippen molar-refractivity contribution in [2.45, 2.75) is 33.2 Å². The molecular formula is C11H15N5O. The summed E-state index contributed by atoms with van der Waals surface area (Å²) in [5.41, 5.74) is 1.40. The number of hydrogen-bond donors (Lipinski definition) is 1. The third-order valence-corrected chi connectivity index (χ3v) is 2.45. The fraction of sp³-hybridized carbons (Fsp3) is 0.455. The monoisotopic (exact) mass is 233 g/mol. The lowest BCUT2D eigenvalue weighted by molar-refractivity contribution is -0.114. The fourth-order valence-electron chi connectivity index (χ4n) is 1.63. The van der Waals surface area contributed by atoms with E-state index in [1.165, 1.54) is 13.3 Å². The van der Waals surface area contributed by atoms with Gasteiger partial charge in [0.05, 0.1) is 6.33 Å². The predicted molar refractivity (Wildman–Crippen MR) is 64.5 cm³/mol. The van der Waals surface area contributed by atoms with Crippen molar-refractivity contribution < 1.29 is 4.79 Å². The van der Waals surface area contributed by atoms with Crippen LogP contribution in [0.2, 0.25) is 0 Å². The summed E-state index contributed by atoms with van der Waals surface area (Å²) in [6, 6.07) is 0. The second kappa shape index (κ2) is 4.90. The van der Waals surface area contributed by atoms with Crippen LogP contribution in [-0.2, 0) is 11.3 Å². The summed E-state index contributed by atoms with van der Waals surface area (Å²) in [7, 11) is 0. The van der Waals surface area contributed by atoms with Crippen molar-refractivity contribution in [3.05, 3.63) is 12.7 Å². The maximum atomic E-state index is 11.0. The molecule has 2 rings (SSSR count). The van der Waals surface area contributed by atoms with E-state index < -0.39 is 0 Å². The lowest BCUT2D eigenvalue weighted by Crippen LogP contribution is -2.08. The Kier molecular flexibility index (Phi) is 3.32. The van der Waals surface area contributed by atoms with E-state index in [1.807, 2.05) is 4.57 Å². The summed E-state index contributed by atoms with van der Waals surface area (Å²) >= 11 is 0. The first-order valence-electron chi connectivity index (χ1n) is 5.65. The van der Waals surface area contributed by atoms with E-state index in [1.54, 1.807) is 6.33 Å². The van der Waals surface area contributed by atoms with Crippen LogP contribution in [0, 0.1) is 0 Å². The van der Waals surface area contributed by atoms with Gasteiger partial charge in [-0.1, -0.05) is 13.3 Å². The molecule has 0 spiro atoms. The van der Waals surface area contributed by atoms with Crippen molar-refractivity contribution in [2.24, 2.45) is 0 Å². The van der Waals surface area contributed by atoms with Crippen molar-refractivity contribution in [3.63, 3.8) is 0 Å². The number of imidazole rings is 1. The van der Waals surface area contributed by atoms with E-state index in [2.05, 4.69) is 27.2 Å². The minimum Gasteiger partial charge on any atom is -0.315 e. The lowest BCUT2D eigenvalue weighted by Gasteiger charge is -2.03. The summed E-state index contributed by atoms with van der Waals surface area (Å²) in [4.78, 5) is 23.5. The Morgan fingerprint density at radius 3 is 2.94 bits per heavy atom. The number of nitrogens with one attached hydrogen (secondary N) is 1. The van der Waals surface area contributed by atoms with Gasteiger partial charge in [-0.15, -0.1) is 0 Å². The molecule has 1 N–H and O–H groups in total. The summed E-state index contributed by atoms with van der Waals surface area (Å²) < 4.78 is 1.98. The number of unbranched alkanes of at least 4 members (excludes halogenated alkanes) is 1. The fourth-order valence-corrected chi connectivity index (χ4v) is 1.63. The van der Waals surface area contributed by atoms with Crippen LogP contribution in [0.4, 0.5) is 5.82 Å². The summed E-state index contributed by atoms with van der Waals surface area (Å²) in [6.07, 6.45) is 5.37. The molecule has 0 radical (unpaired) electrons. The molecule has 2 aromatic rings. The molecule has 6 heteroatoms. The average molecular weight is 233 g/mol. The van der Waals surface area contributed by atoms with Gasteiger partial charge in [0.25, 0.3) is 0 Å². The van der Waals surface area contributed by atoms with Crippen LogP contribution in [-0.4, -0.2) is 25.4 Å². The molecule has 0 aromatic carbocycles. The molecule has 6 nitrogen and oxygen atoms in total. The number of fused-ring (bicyclic) bond motifs is 1. The minimum absolute atomic E-state index is 0.159. The second-order valence-electron chi connectivity index (χ2n) is 3.87. The molecule has 0 aliphatic carbocycles. The highest BCUT2D eigenvalue weighted by Crippen LogP contribution is 2.17. The average Bonchev–Trinajstić information content (AvgIpc) is 2.70. The quantitative estimate of drug-likeness (QED) is 0.870. The molecule has 2 heterocycles. The zero-order chi connectivity index (χ0) is 12.3. The number of hydrogen-bond acceptors (Lipinski definition) is 4. The Hall–Kier alpha value is -1.98. The molecular weight excluding hydrogens is 218 g/mol. The number of rotatable bonds is 4. The van der Waals surface area contributed by atoms with E-state index in [-0.39, 0.29) is 5.91 Å². The molecule has 0 bridgehead atoms. The van der Waals surface area contributed by atoms with Crippen LogP contribution < -0.4 is 5.32 Å². The van der Waals surface area contributed by atoms with Crippen molar-refractivity contribution in [1.29, 1.82) is 0 Å².